The zero-order valence-electron chi connectivity index (χ0n) is 8.50. The Bertz CT molecular complexity index is 354. The van der Waals surface area contributed by atoms with Crippen molar-refractivity contribution in [3.8, 4) is 0 Å². The lowest BCUT2D eigenvalue weighted by Crippen LogP contribution is -2.67. The van der Waals surface area contributed by atoms with E-state index in [1.54, 1.807) is 0 Å². The zero-order valence-corrected chi connectivity index (χ0v) is 9.32. The quantitative estimate of drug-likeness (QED) is 0.826. The minimum atomic E-state index is -0.799. The van der Waals surface area contributed by atoms with Crippen LogP contribution in [0.15, 0.2) is 24.3 Å². The minimum Gasteiger partial charge on any atom is -0.326 e. The summed E-state index contributed by atoms with van der Waals surface area (Å²) in [6, 6.07) is 8.34. The predicted octanol–water partition coefficient (Wildman–Crippen LogP) is 2.71. The first kappa shape index (κ1) is 10.9. The van der Waals surface area contributed by atoms with Gasteiger partial charge < -0.3 is 5.73 Å². The molecule has 3 fully saturated rings. The number of alkyl halides is 1. The lowest BCUT2D eigenvalue weighted by atomic mass is 9.40. The van der Waals surface area contributed by atoms with Gasteiger partial charge in [-0.25, -0.2) is 4.39 Å². The van der Waals surface area contributed by atoms with E-state index in [1.165, 1.54) is 5.56 Å². The van der Waals surface area contributed by atoms with E-state index in [-0.39, 0.29) is 17.8 Å². The van der Waals surface area contributed by atoms with E-state index in [0.717, 1.165) is 24.8 Å². The Morgan fingerprint density at radius 3 is 2.07 bits per heavy atom. The summed E-state index contributed by atoms with van der Waals surface area (Å²) in [6.45, 7) is 0.584. The molecule has 2 bridgehead atoms. The number of hydrogen-bond donors (Lipinski definition) is 1. The number of benzene rings is 1. The molecule has 0 amide bonds. The number of halogens is 2. The monoisotopic (exact) mass is 227 g/mol. The first-order valence-corrected chi connectivity index (χ1v) is 5.14. The molecule has 0 unspecified atom stereocenters. The standard InChI is InChI=1S/C12H14FN.ClH/c13-12-6-11(7-12,8-12)10-3-1-9(5-14)2-4-10;/h1-4H,5-8,14H2;1H. The topological polar surface area (TPSA) is 26.0 Å². The molecular formula is C12H15ClFN. The fraction of sp³-hybridized carbons (Fsp3) is 0.500. The molecular weight excluding hydrogens is 213 g/mol. The van der Waals surface area contributed by atoms with E-state index in [4.69, 9.17) is 5.73 Å². The molecule has 1 aromatic carbocycles. The SMILES string of the molecule is Cl.NCc1ccc(C23CC(F)(C2)C3)cc1. The summed E-state index contributed by atoms with van der Waals surface area (Å²) in [6.07, 6.45) is 2.21. The second kappa shape index (κ2) is 3.19. The number of hydrogen-bond acceptors (Lipinski definition) is 1. The molecule has 0 aromatic heterocycles. The van der Waals surface area contributed by atoms with Gasteiger partial charge in [-0.3, -0.25) is 0 Å². The van der Waals surface area contributed by atoms with Gasteiger partial charge in [0, 0.05) is 12.0 Å². The van der Waals surface area contributed by atoms with Crippen LogP contribution in [0.3, 0.4) is 0 Å². The molecule has 1 nitrogen and oxygen atoms in total. The number of rotatable bonds is 2. The van der Waals surface area contributed by atoms with Crippen LogP contribution in [0.4, 0.5) is 4.39 Å². The summed E-state index contributed by atoms with van der Waals surface area (Å²) >= 11 is 0. The highest BCUT2D eigenvalue weighted by molar-refractivity contribution is 5.85. The molecule has 3 heteroatoms. The van der Waals surface area contributed by atoms with Crippen molar-refractivity contribution in [2.24, 2.45) is 5.73 Å². The fourth-order valence-corrected chi connectivity index (χ4v) is 2.96. The average Bonchev–Trinajstić information content (AvgIpc) is 2.12. The van der Waals surface area contributed by atoms with Gasteiger partial charge in [-0.1, -0.05) is 24.3 Å². The molecule has 0 saturated heterocycles. The van der Waals surface area contributed by atoms with E-state index in [1.807, 2.05) is 0 Å². The molecule has 2 N–H and O–H groups in total. The molecule has 0 radical (unpaired) electrons. The highest BCUT2D eigenvalue weighted by Gasteiger charge is 2.69. The molecule has 3 aliphatic carbocycles. The molecule has 1 aromatic rings. The van der Waals surface area contributed by atoms with Crippen molar-refractivity contribution < 1.29 is 4.39 Å². The van der Waals surface area contributed by atoms with Crippen molar-refractivity contribution >= 4 is 12.4 Å². The third kappa shape index (κ3) is 1.39. The van der Waals surface area contributed by atoms with Crippen LogP contribution < -0.4 is 5.73 Å². The van der Waals surface area contributed by atoms with E-state index in [9.17, 15) is 4.39 Å². The first-order chi connectivity index (χ1) is 6.66. The molecule has 0 atom stereocenters. The Morgan fingerprint density at radius 1 is 1.13 bits per heavy atom. The van der Waals surface area contributed by atoms with E-state index >= 15 is 0 Å². The number of nitrogens with two attached hydrogens (primary N) is 1. The van der Waals surface area contributed by atoms with Gasteiger partial charge in [0.05, 0.1) is 0 Å². The third-order valence-corrected chi connectivity index (χ3v) is 3.77. The Balaban J connectivity index is 0.000000853. The zero-order chi connectivity index (χ0) is 9.81. The predicted molar refractivity (Wildman–Crippen MR) is 60.9 cm³/mol. The van der Waals surface area contributed by atoms with Crippen molar-refractivity contribution in [2.75, 3.05) is 0 Å². The average molecular weight is 228 g/mol. The van der Waals surface area contributed by atoms with Crippen LogP contribution in [0, 0.1) is 0 Å². The van der Waals surface area contributed by atoms with Crippen LogP contribution in [0.25, 0.3) is 0 Å². The fourth-order valence-electron chi connectivity index (χ4n) is 2.96. The second-order valence-corrected chi connectivity index (χ2v) is 4.86. The molecule has 3 aliphatic rings. The minimum absolute atomic E-state index is 0. The lowest BCUT2D eigenvalue weighted by Gasteiger charge is -2.66. The second-order valence-electron chi connectivity index (χ2n) is 4.86. The van der Waals surface area contributed by atoms with Crippen LogP contribution in [0.2, 0.25) is 0 Å². The van der Waals surface area contributed by atoms with Gasteiger partial charge >= 0.3 is 0 Å². The Kier molecular flexibility index (Phi) is 2.32. The van der Waals surface area contributed by atoms with Gasteiger partial charge in [0.25, 0.3) is 0 Å². The van der Waals surface area contributed by atoms with Crippen molar-refractivity contribution in [3.63, 3.8) is 0 Å². The Hall–Kier alpha value is -0.600. The lowest BCUT2D eigenvalue weighted by molar-refractivity contribution is -0.158. The summed E-state index contributed by atoms with van der Waals surface area (Å²) in [5, 5.41) is 0. The van der Waals surface area contributed by atoms with E-state index in [0.29, 0.717) is 6.54 Å². The summed E-state index contributed by atoms with van der Waals surface area (Å²) in [5.74, 6) is 0. The Labute approximate surface area is 95.3 Å². The molecule has 0 aliphatic heterocycles. The maximum Gasteiger partial charge on any atom is 0.113 e. The largest absolute Gasteiger partial charge is 0.326 e. The van der Waals surface area contributed by atoms with Crippen LogP contribution >= 0.6 is 12.4 Å². The summed E-state index contributed by atoms with van der Waals surface area (Å²) < 4.78 is 13.3. The van der Waals surface area contributed by atoms with E-state index < -0.39 is 5.67 Å². The van der Waals surface area contributed by atoms with Crippen LogP contribution in [-0.2, 0) is 12.0 Å². The smallest absolute Gasteiger partial charge is 0.113 e. The van der Waals surface area contributed by atoms with Crippen molar-refractivity contribution in [1.82, 2.24) is 0 Å². The maximum absolute atomic E-state index is 13.3. The summed E-state index contributed by atoms with van der Waals surface area (Å²) in [4.78, 5) is 0. The highest BCUT2D eigenvalue weighted by atomic mass is 35.5. The third-order valence-electron chi connectivity index (χ3n) is 3.77. The molecule has 3 saturated carbocycles. The van der Waals surface area contributed by atoms with Gasteiger partial charge in [0.15, 0.2) is 0 Å². The van der Waals surface area contributed by atoms with Crippen LogP contribution in [-0.4, -0.2) is 5.67 Å². The van der Waals surface area contributed by atoms with Crippen LogP contribution in [0.1, 0.15) is 30.4 Å². The van der Waals surface area contributed by atoms with Gasteiger partial charge in [-0.15, -0.1) is 12.4 Å². The molecule has 82 valence electrons. The molecule has 0 heterocycles. The van der Waals surface area contributed by atoms with Gasteiger partial charge in [-0.05, 0) is 30.4 Å². The van der Waals surface area contributed by atoms with Crippen LogP contribution in [0.5, 0.6) is 0 Å². The van der Waals surface area contributed by atoms with Crippen molar-refractivity contribution in [3.05, 3.63) is 35.4 Å². The molecule has 15 heavy (non-hydrogen) atoms. The maximum atomic E-state index is 13.3. The van der Waals surface area contributed by atoms with Crippen molar-refractivity contribution in [1.29, 1.82) is 0 Å². The van der Waals surface area contributed by atoms with E-state index in [2.05, 4.69) is 24.3 Å². The molecule has 0 spiro atoms. The summed E-state index contributed by atoms with van der Waals surface area (Å²) in [5.41, 5.74) is 7.37. The van der Waals surface area contributed by atoms with Gasteiger partial charge in [0.2, 0.25) is 0 Å². The first-order valence-electron chi connectivity index (χ1n) is 5.14. The van der Waals surface area contributed by atoms with Crippen molar-refractivity contribution in [2.45, 2.75) is 36.9 Å². The highest BCUT2D eigenvalue weighted by Crippen LogP contribution is 2.69. The normalized spacial score (nSPS) is 36.1. The summed E-state index contributed by atoms with van der Waals surface area (Å²) in [7, 11) is 0. The molecule has 4 rings (SSSR count). The van der Waals surface area contributed by atoms with Gasteiger partial charge in [-0.2, -0.15) is 0 Å². The van der Waals surface area contributed by atoms with Gasteiger partial charge in [0.1, 0.15) is 5.67 Å². The Morgan fingerprint density at radius 2 is 1.67 bits per heavy atom.